The quantitative estimate of drug-likeness (QED) is 0.834. The van der Waals surface area contributed by atoms with Crippen LogP contribution in [0.15, 0.2) is 48.5 Å². The first-order valence-electron chi connectivity index (χ1n) is 9.73. The second-order valence-corrected chi connectivity index (χ2v) is 8.22. The standard InChI is InChI=1S/C23H28N2O2/c1-17-9-10-21-18(13-17)14-25(20(16-27-21)15-24(2)3)22(26)23(11-12-23)19-7-5-4-6-8-19/h4-10,13,20H,11-12,14-16H2,1-3H3/t20-/m0/s1. The number of ether oxygens (including phenoxy) is 1. The molecule has 1 fully saturated rings. The SMILES string of the molecule is Cc1ccc2c(c1)CN(C(=O)C1(c3ccccc3)CC1)[C@@H](CN(C)C)CO2. The van der Waals surface area contributed by atoms with E-state index in [1.807, 2.05) is 24.3 Å². The van der Waals surface area contributed by atoms with Crippen molar-refractivity contribution in [2.45, 2.75) is 37.8 Å². The lowest BCUT2D eigenvalue weighted by molar-refractivity contribution is -0.137. The molecule has 1 heterocycles. The predicted octanol–water partition coefficient (Wildman–Crippen LogP) is 3.38. The summed E-state index contributed by atoms with van der Waals surface area (Å²) >= 11 is 0. The highest BCUT2D eigenvalue weighted by atomic mass is 16.5. The average molecular weight is 364 g/mol. The monoisotopic (exact) mass is 364 g/mol. The molecular formula is C23H28N2O2. The van der Waals surface area contributed by atoms with E-state index in [1.54, 1.807) is 0 Å². The second kappa shape index (κ2) is 7.01. The molecule has 1 aliphatic carbocycles. The van der Waals surface area contributed by atoms with E-state index in [2.05, 4.69) is 55.1 Å². The topological polar surface area (TPSA) is 32.8 Å². The van der Waals surface area contributed by atoms with Crippen molar-refractivity contribution in [3.63, 3.8) is 0 Å². The zero-order valence-corrected chi connectivity index (χ0v) is 16.4. The van der Waals surface area contributed by atoms with Gasteiger partial charge in [0.15, 0.2) is 0 Å². The molecule has 1 atom stereocenters. The minimum Gasteiger partial charge on any atom is -0.491 e. The number of nitrogens with zero attached hydrogens (tertiary/aromatic N) is 2. The van der Waals surface area contributed by atoms with Gasteiger partial charge in [-0.2, -0.15) is 0 Å². The summed E-state index contributed by atoms with van der Waals surface area (Å²) in [5.74, 6) is 1.16. The van der Waals surface area contributed by atoms with Crippen LogP contribution in [0.5, 0.6) is 5.75 Å². The Morgan fingerprint density at radius 3 is 2.59 bits per heavy atom. The van der Waals surface area contributed by atoms with Crippen molar-refractivity contribution in [1.82, 2.24) is 9.80 Å². The Labute approximate surface area is 161 Å². The lowest BCUT2D eigenvalue weighted by atomic mass is 9.93. The fourth-order valence-corrected chi connectivity index (χ4v) is 4.15. The van der Waals surface area contributed by atoms with Gasteiger partial charge in [0.1, 0.15) is 12.4 Å². The first kappa shape index (κ1) is 18.1. The third kappa shape index (κ3) is 3.46. The van der Waals surface area contributed by atoms with Gasteiger partial charge in [0.25, 0.3) is 0 Å². The molecule has 0 radical (unpaired) electrons. The van der Waals surface area contributed by atoms with Gasteiger partial charge >= 0.3 is 0 Å². The van der Waals surface area contributed by atoms with Gasteiger partial charge in [0.2, 0.25) is 5.91 Å². The molecular weight excluding hydrogens is 336 g/mol. The van der Waals surface area contributed by atoms with Crippen LogP contribution in [0.4, 0.5) is 0 Å². The van der Waals surface area contributed by atoms with Crippen LogP contribution in [0.1, 0.15) is 29.5 Å². The number of fused-ring (bicyclic) bond motifs is 1. The number of hydrogen-bond acceptors (Lipinski definition) is 3. The molecule has 4 rings (SSSR count). The summed E-state index contributed by atoms with van der Waals surface area (Å²) in [4.78, 5) is 18.0. The molecule has 1 amide bonds. The summed E-state index contributed by atoms with van der Waals surface area (Å²) < 4.78 is 6.12. The molecule has 4 nitrogen and oxygen atoms in total. The van der Waals surface area contributed by atoms with Gasteiger partial charge in [0.05, 0.1) is 11.5 Å². The molecule has 1 aliphatic heterocycles. The number of carbonyl (C=O) groups excluding carboxylic acids is 1. The van der Waals surface area contributed by atoms with E-state index in [1.165, 1.54) is 5.56 Å². The van der Waals surface area contributed by atoms with Crippen LogP contribution in [0.25, 0.3) is 0 Å². The van der Waals surface area contributed by atoms with Gasteiger partial charge in [-0.15, -0.1) is 0 Å². The first-order valence-corrected chi connectivity index (χ1v) is 9.73. The molecule has 2 aliphatic rings. The molecule has 1 saturated carbocycles. The van der Waals surface area contributed by atoms with Crippen LogP contribution in [-0.2, 0) is 16.8 Å². The summed E-state index contributed by atoms with van der Waals surface area (Å²) in [5, 5.41) is 0. The number of rotatable bonds is 4. The van der Waals surface area contributed by atoms with Crippen molar-refractivity contribution >= 4 is 5.91 Å². The number of carbonyl (C=O) groups is 1. The minimum absolute atomic E-state index is 0.0430. The van der Waals surface area contributed by atoms with E-state index < -0.39 is 0 Å². The zero-order valence-electron chi connectivity index (χ0n) is 16.4. The van der Waals surface area contributed by atoms with E-state index in [-0.39, 0.29) is 17.4 Å². The Balaban J connectivity index is 1.69. The maximum Gasteiger partial charge on any atom is 0.233 e. The molecule has 27 heavy (non-hydrogen) atoms. The largest absolute Gasteiger partial charge is 0.491 e. The van der Waals surface area contributed by atoms with E-state index in [4.69, 9.17) is 4.74 Å². The van der Waals surface area contributed by atoms with Gasteiger partial charge in [-0.05, 0) is 45.5 Å². The van der Waals surface area contributed by atoms with Crippen LogP contribution in [0.3, 0.4) is 0 Å². The van der Waals surface area contributed by atoms with E-state index in [9.17, 15) is 4.79 Å². The van der Waals surface area contributed by atoms with Gasteiger partial charge < -0.3 is 14.5 Å². The molecule has 142 valence electrons. The van der Waals surface area contributed by atoms with Crippen molar-refractivity contribution in [3.8, 4) is 5.75 Å². The molecule has 0 bridgehead atoms. The summed E-state index contributed by atoms with van der Waals surface area (Å²) in [6.45, 7) is 4.03. The lowest BCUT2D eigenvalue weighted by Crippen LogP contribution is -2.50. The average Bonchev–Trinajstić information content (AvgIpc) is 3.47. The number of hydrogen-bond donors (Lipinski definition) is 0. The summed E-state index contributed by atoms with van der Waals surface area (Å²) in [7, 11) is 4.10. The van der Waals surface area contributed by atoms with Crippen LogP contribution in [0.2, 0.25) is 0 Å². The van der Waals surface area contributed by atoms with Gasteiger partial charge in [-0.3, -0.25) is 4.79 Å². The Hall–Kier alpha value is -2.33. The molecule has 0 unspecified atom stereocenters. The van der Waals surface area contributed by atoms with Gasteiger partial charge in [0, 0.05) is 18.7 Å². The molecule has 0 aromatic heterocycles. The van der Waals surface area contributed by atoms with Crippen LogP contribution >= 0.6 is 0 Å². The van der Waals surface area contributed by atoms with E-state index in [0.717, 1.165) is 36.3 Å². The maximum atomic E-state index is 13.8. The highest BCUT2D eigenvalue weighted by molar-refractivity contribution is 5.91. The highest BCUT2D eigenvalue weighted by Gasteiger charge is 2.54. The third-order valence-corrected chi connectivity index (χ3v) is 5.75. The van der Waals surface area contributed by atoms with Crippen molar-refractivity contribution < 1.29 is 9.53 Å². The fourth-order valence-electron chi connectivity index (χ4n) is 4.15. The fraction of sp³-hybridized carbons (Fsp3) is 0.435. The second-order valence-electron chi connectivity index (χ2n) is 8.22. The van der Waals surface area contributed by atoms with Crippen molar-refractivity contribution in [3.05, 3.63) is 65.2 Å². The summed E-state index contributed by atoms with van der Waals surface area (Å²) in [6.07, 6.45) is 1.87. The van der Waals surface area contributed by atoms with Gasteiger partial charge in [-0.25, -0.2) is 0 Å². The number of benzene rings is 2. The van der Waals surface area contributed by atoms with E-state index in [0.29, 0.717) is 13.2 Å². The van der Waals surface area contributed by atoms with Gasteiger partial charge in [-0.1, -0.05) is 48.0 Å². The zero-order chi connectivity index (χ0) is 19.0. The summed E-state index contributed by atoms with van der Waals surface area (Å²) in [5.41, 5.74) is 3.10. The molecule has 0 saturated heterocycles. The van der Waals surface area contributed by atoms with Crippen molar-refractivity contribution in [2.24, 2.45) is 0 Å². The maximum absolute atomic E-state index is 13.8. The van der Waals surface area contributed by atoms with E-state index >= 15 is 0 Å². The third-order valence-electron chi connectivity index (χ3n) is 5.75. The van der Waals surface area contributed by atoms with Crippen molar-refractivity contribution in [1.29, 1.82) is 0 Å². The Morgan fingerprint density at radius 1 is 1.19 bits per heavy atom. The Morgan fingerprint density at radius 2 is 1.93 bits per heavy atom. The number of likely N-dealkylation sites (N-methyl/N-ethyl adjacent to an activating group) is 1. The van der Waals surface area contributed by atoms with Crippen molar-refractivity contribution in [2.75, 3.05) is 27.2 Å². The van der Waals surface area contributed by atoms with Crippen LogP contribution < -0.4 is 4.74 Å². The molecule has 2 aromatic carbocycles. The summed E-state index contributed by atoms with van der Waals surface area (Å²) in [6, 6.07) is 16.6. The number of aryl methyl sites for hydroxylation is 1. The van der Waals surface area contributed by atoms with Crippen LogP contribution in [-0.4, -0.2) is 49.0 Å². The molecule has 0 spiro atoms. The highest BCUT2D eigenvalue weighted by Crippen LogP contribution is 2.50. The Bertz CT molecular complexity index is 828. The first-order chi connectivity index (χ1) is 13.0. The molecule has 0 N–H and O–H groups in total. The van der Waals surface area contributed by atoms with Crippen LogP contribution in [0, 0.1) is 6.92 Å². The molecule has 2 aromatic rings. The molecule has 4 heteroatoms. The number of amides is 1. The lowest BCUT2D eigenvalue weighted by Gasteiger charge is -2.34. The minimum atomic E-state index is -0.347. The Kier molecular flexibility index (Phi) is 4.68. The normalized spacial score (nSPS) is 20.6. The smallest absolute Gasteiger partial charge is 0.233 e. The predicted molar refractivity (Wildman–Crippen MR) is 107 cm³/mol.